The van der Waals surface area contributed by atoms with Gasteiger partial charge >= 0.3 is 0 Å². The summed E-state index contributed by atoms with van der Waals surface area (Å²) < 4.78 is 5.60. The summed E-state index contributed by atoms with van der Waals surface area (Å²) in [6, 6.07) is 10.8. The number of phenols is 1. The van der Waals surface area contributed by atoms with Crippen LogP contribution in [0.3, 0.4) is 0 Å². The highest BCUT2D eigenvalue weighted by Crippen LogP contribution is 2.55. The van der Waals surface area contributed by atoms with E-state index < -0.39 is 0 Å². The number of aromatic hydroxyl groups is 1. The Labute approximate surface area is 148 Å². The minimum absolute atomic E-state index is 0.127. The Balaban J connectivity index is 2.06. The first-order valence-electron chi connectivity index (χ1n) is 8.93. The first kappa shape index (κ1) is 14.8. The Morgan fingerprint density at radius 2 is 1.64 bits per heavy atom. The molecule has 3 aromatic carbocycles. The molecule has 0 fully saturated rings. The number of methoxy groups -OCH3 is 1. The third-order valence-corrected chi connectivity index (χ3v) is 6.13. The Morgan fingerprint density at radius 3 is 2.36 bits per heavy atom. The maximum absolute atomic E-state index is 10.7. The van der Waals surface area contributed by atoms with Gasteiger partial charge in [-0.2, -0.15) is 0 Å². The molecule has 0 atom stereocenters. The number of aryl methyl sites for hydroxylation is 3. The molecule has 5 rings (SSSR count). The molecule has 0 saturated carbocycles. The molecule has 126 valence electrons. The fourth-order valence-corrected chi connectivity index (χ4v) is 4.90. The van der Waals surface area contributed by atoms with E-state index in [1.54, 1.807) is 7.11 Å². The molecule has 0 radical (unpaired) electrons. The van der Waals surface area contributed by atoms with Crippen molar-refractivity contribution >= 4 is 10.8 Å². The van der Waals surface area contributed by atoms with Crippen molar-refractivity contribution in [3.05, 3.63) is 58.1 Å². The van der Waals surface area contributed by atoms with Crippen molar-refractivity contribution in [2.24, 2.45) is 0 Å². The molecule has 2 nitrogen and oxygen atoms in total. The van der Waals surface area contributed by atoms with Crippen LogP contribution in [-0.2, 0) is 18.3 Å². The van der Waals surface area contributed by atoms with Crippen molar-refractivity contribution in [1.82, 2.24) is 0 Å². The van der Waals surface area contributed by atoms with Crippen LogP contribution in [0.4, 0.5) is 0 Å². The fourth-order valence-electron chi connectivity index (χ4n) is 4.90. The summed E-state index contributed by atoms with van der Waals surface area (Å²) in [5.74, 6) is 1.35. The van der Waals surface area contributed by atoms with Crippen molar-refractivity contribution in [2.45, 2.75) is 39.0 Å². The zero-order valence-corrected chi connectivity index (χ0v) is 15.2. The molecule has 0 unspecified atom stereocenters. The molecular weight excluding hydrogens is 308 g/mol. The van der Waals surface area contributed by atoms with Gasteiger partial charge in [-0.05, 0) is 82.8 Å². The molecule has 0 spiro atoms. The van der Waals surface area contributed by atoms with Gasteiger partial charge in [0.2, 0.25) is 0 Å². The smallest absolute Gasteiger partial charge is 0.123 e. The predicted molar refractivity (Wildman–Crippen MR) is 102 cm³/mol. The highest BCUT2D eigenvalue weighted by atomic mass is 16.5. The van der Waals surface area contributed by atoms with Gasteiger partial charge in [0.05, 0.1) is 7.11 Å². The number of rotatable bonds is 1. The normalized spacial score (nSPS) is 16.2. The minimum Gasteiger partial charge on any atom is -0.507 e. The molecular formula is C23H22O2. The molecule has 2 aliphatic rings. The van der Waals surface area contributed by atoms with Gasteiger partial charge in [-0.15, -0.1) is 0 Å². The van der Waals surface area contributed by atoms with Gasteiger partial charge in [-0.3, -0.25) is 0 Å². The maximum Gasteiger partial charge on any atom is 0.123 e. The molecule has 2 aliphatic carbocycles. The standard InChI is InChI=1S/C23H22O2/c1-12-7-16-19(24)10-14-6-5-13-9-15(25-4)11-18-20(13)21(14)22(16)17(8-12)23(18,2)3/h7-11,24H,5-6H2,1-4H3. The molecule has 0 aliphatic heterocycles. The summed E-state index contributed by atoms with van der Waals surface area (Å²) >= 11 is 0. The molecule has 0 aromatic heterocycles. The van der Waals surface area contributed by atoms with Crippen molar-refractivity contribution in [3.8, 4) is 22.6 Å². The van der Waals surface area contributed by atoms with Crippen molar-refractivity contribution in [3.63, 3.8) is 0 Å². The van der Waals surface area contributed by atoms with Crippen molar-refractivity contribution in [1.29, 1.82) is 0 Å². The lowest BCUT2D eigenvalue weighted by Gasteiger charge is -2.39. The van der Waals surface area contributed by atoms with Crippen LogP contribution in [0.5, 0.6) is 11.5 Å². The van der Waals surface area contributed by atoms with Crippen LogP contribution < -0.4 is 4.74 Å². The molecule has 1 N–H and O–H groups in total. The van der Waals surface area contributed by atoms with E-state index in [4.69, 9.17) is 4.74 Å². The lowest BCUT2D eigenvalue weighted by molar-refractivity contribution is 0.412. The Kier molecular flexibility index (Phi) is 2.71. The maximum atomic E-state index is 10.7. The van der Waals surface area contributed by atoms with Gasteiger partial charge in [-0.1, -0.05) is 25.5 Å². The lowest BCUT2D eigenvalue weighted by atomic mass is 9.64. The highest BCUT2D eigenvalue weighted by molar-refractivity contribution is 6.08. The third kappa shape index (κ3) is 1.75. The van der Waals surface area contributed by atoms with E-state index in [2.05, 4.69) is 45.0 Å². The SMILES string of the molecule is COc1cc2c3c(c1)C(C)(C)c1cc(C)cc4c(O)cc(c-3c14)CC2. The second-order valence-corrected chi connectivity index (χ2v) is 8.00. The minimum atomic E-state index is -0.127. The average molecular weight is 330 g/mol. The van der Waals surface area contributed by atoms with Gasteiger partial charge in [0.15, 0.2) is 0 Å². The Morgan fingerprint density at radius 1 is 0.920 bits per heavy atom. The topological polar surface area (TPSA) is 29.5 Å². The molecule has 3 aromatic rings. The summed E-state index contributed by atoms with van der Waals surface area (Å²) in [6.07, 6.45) is 1.96. The second kappa shape index (κ2) is 4.57. The van der Waals surface area contributed by atoms with Crippen LogP contribution in [0.1, 0.15) is 41.7 Å². The van der Waals surface area contributed by atoms with Gasteiger partial charge < -0.3 is 9.84 Å². The molecule has 25 heavy (non-hydrogen) atoms. The average Bonchev–Trinajstić information content (AvgIpc) is 2.59. The summed E-state index contributed by atoms with van der Waals surface area (Å²) in [4.78, 5) is 0. The van der Waals surface area contributed by atoms with Gasteiger partial charge in [0.25, 0.3) is 0 Å². The first-order valence-corrected chi connectivity index (χ1v) is 8.93. The van der Waals surface area contributed by atoms with E-state index in [-0.39, 0.29) is 5.41 Å². The van der Waals surface area contributed by atoms with E-state index in [1.807, 2.05) is 6.07 Å². The number of hydrogen-bond acceptors (Lipinski definition) is 2. The zero-order valence-electron chi connectivity index (χ0n) is 15.2. The monoisotopic (exact) mass is 330 g/mol. The van der Waals surface area contributed by atoms with Gasteiger partial charge in [0, 0.05) is 10.8 Å². The van der Waals surface area contributed by atoms with Crippen LogP contribution in [0, 0.1) is 6.92 Å². The van der Waals surface area contributed by atoms with E-state index in [0.29, 0.717) is 5.75 Å². The van der Waals surface area contributed by atoms with Gasteiger partial charge in [0.1, 0.15) is 11.5 Å². The van der Waals surface area contributed by atoms with Crippen LogP contribution in [-0.4, -0.2) is 12.2 Å². The third-order valence-electron chi connectivity index (χ3n) is 6.13. The van der Waals surface area contributed by atoms with Crippen LogP contribution in [0.25, 0.3) is 21.9 Å². The molecule has 0 bridgehead atoms. The quantitative estimate of drug-likeness (QED) is 0.659. The Bertz CT molecular complexity index is 1070. The number of benzene rings is 3. The fraction of sp³-hybridized carbons (Fsp3) is 0.304. The van der Waals surface area contributed by atoms with E-state index in [1.165, 1.54) is 44.3 Å². The van der Waals surface area contributed by atoms with E-state index in [9.17, 15) is 5.11 Å². The first-order chi connectivity index (χ1) is 11.9. The number of phenolic OH excluding ortho intramolecular Hbond substituents is 1. The predicted octanol–water partition coefficient (Wildman–Crippen LogP) is 5.27. The largest absolute Gasteiger partial charge is 0.507 e. The summed E-state index contributed by atoms with van der Waals surface area (Å²) in [5, 5.41) is 12.9. The number of hydrogen-bond donors (Lipinski definition) is 1. The zero-order chi connectivity index (χ0) is 17.5. The van der Waals surface area contributed by atoms with Crippen molar-refractivity contribution in [2.75, 3.05) is 7.11 Å². The van der Waals surface area contributed by atoms with Gasteiger partial charge in [-0.25, -0.2) is 0 Å². The molecule has 2 heteroatoms. The number of ether oxygens (including phenoxy) is 1. The second-order valence-electron chi connectivity index (χ2n) is 8.00. The molecule has 0 saturated heterocycles. The van der Waals surface area contributed by atoms with Crippen LogP contribution >= 0.6 is 0 Å². The molecule has 0 amide bonds. The summed E-state index contributed by atoms with van der Waals surface area (Å²) in [6.45, 7) is 6.69. The van der Waals surface area contributed by atoms with E-state index >= 15 is 0 Å². The van der Waals surface area contributed by atoms with Crippen LogP contribution in [0.15, 0.2) is 30.3 Å². The van der Waals surface area contributed by atoms with Crippen molar-refractivity contribution < 1.29 is 9.84 Å². The van der Waals surface area contributed by atoms with Crippen LogP contribution in [0.2, 0.25) is 0 Å². The Hall–Kier alpha value is -2.48. The summed E-state index contributed by atoms with van der Waals surface area (Å²) in [5.41, 5.74) is 9.05. The summed E-state index contributed by atoms with van der Waals surface area (Å²) in [7, 11) is 1.75. The lowest BCUT2D eigenvalue weighted by Crippen LogP contribution is -2.26. The van der Waals surface area contributed by atoms with E-state index in [0.717, 1.165) is 24.0 Å². The highest BCUT2D eigenvalue weighted by Gasteiger charge is 2.38. The molecule has 0 heterocycles.